The molecular formula is C15H12I2. The van der Waals surface area contributed by atoms with Gasteiger partial charge in [0, 0.05) is 12.6 Å². The van der Waals surface area contributed by atoms with E-state index in [4.69, 9.17) is 0 Å². The van der Waals surface area contributed by atoms with E-state index in [1.165, 1.54) is 29.4 Å². The maximum absolute atomic E-state index is 2.39. The molecule has 0 heterocycles. The summed E-state index contributed by atoms with van der Waals surface area (Å²) in [6, 6.07) is 13.6. The van der Waals surface area contributed by atoms with E-state index >= 15 is 0 Å². The normalized spacial score (nSPS) is 15.5. The van der Waals surface area contributed by atoms with Crippen molar-refractivity contribution in [2.75, 3.05) is 0 Å². The minimum absolute atomic E-state index is 0.138. The molecule has 2 aromatic carbocycles. The molecule has 1 aliphatic carbocycles. The Morgan fingerprint density at radius 2 is 1.18 bits per heavy atom. The third kappa shape index (κ3) is 1.75. The van der Waals surface area contributed by atoms with E-state index in [9.17, 15) is 0 Å². The molecule has 0 bridgehead atoms. The maximum atomic E-state index is 2.39. The van der Waals surface area contributed by atoms with Gasteiger partial charge in [-0.1, -0.05) is 26.0 Å². The molecule has 0 N–H and O–H groups in total. The maximum Gasteiger partial charge on any atom is 0.0158 e. The lowest BCUT2D eigenvalue weighted by molar-refractivity contribution is 0.660. The van der Waals surface area contributed by atoms with Gasteiger partial charge in [-0.25, -0.2) is 0 Å². The fourth-order valence-corrected chi connectivity index (χ4v) is 3.70. The predicted octanol–water partition coefficient (Wildman–Crippen LogP) is 5.20. The molecule has 86 valence electrons. The zero-order valence-corrected chi connectivity index (χ0v) is 14.0. The monoisotopic (exact) mass is 446 g/mol. The molecule has 1 aliphatic rings. The Balaban J connectivity index is 2.39. The molecule has 2 heteroatoms. The second-order valence-corrected chi connectivity index (χ2v) is 7.50. The van der Waals surface area contributed by atoms with Crippen LogP contribution < -0.4 is 0 Å². The van der Waals surface area contributed by atoms with E-state index in [-0.39, 0.29) is 5.41 Å². The minimum atomic E-state index is 0.138. The SMILES string of the molecule is CC1(C)c2ccc(I)cc2-c2cc(I)ccc21. The second-order valence-electron chi connectivity index (χ2n) is 5.00. The molecule has 0 amide bonds. The van der Waals surface area contributed by atoms with Crippen LogP contribution in [0, 0.1) is 7.14 Å². The third-order valence-electron chi connectivity index (χ3n) is 3.60. The number of benzene rings is 2. The minimum Gasteiger partial charge on any atom is -0.0565 e. The molecule has 0 fully saturated rings. The Labute approximate surface area is 129 Å². The standard InChI is InChI=1S/C15H12I2/c1-15(2)13-5-3-9(16)7-11(13)12-8-10(17)4-6-14(12)15/h3-8H,1-2H3. The van der Waals surface area contributed by atoms with Crippen molar-refractivity contribution in [2.24, 2.45) is 0 Å². The Bertz CT molecular complexity index is 559. The van der Waals surface area contributed by atoms with Crippen LogP contribution in [-0.2, 0) is 5.41 Å². The van der Waals surface area contributed by atoms with E-state index < -0.39 is 0 Å². The molecule has 0 nitrogen and oxygen atoms in total. The molecule has 17 heavy (non-hydrogen) atoms. The first-order valence-electron chi connectivity index (χ1n) is 5.60. The zero-order chi connectivity index (χ0) is 12.2. The van der Waals surface area contributed by atoms with Crippen LogP contribution in [0.5, 0.6) is 0 Å². The topological polar surface area (TPSA) is 0 Å². The van der Waals surface area contributed by atoms with E-state index in [0.717, 1.165) is 0 Å². The first-order valence-corrected chi connectivity index (χ1v) is 7.76. The van der Waals surface area contributed by atoms with Gasteiger partial charge in [0.25, 0.3) is 0 Å². The van der Waals surface area contributed by atoms with Gasteiger partial charge in [0.1, 0.15) is 0 Å². The molecular weight excluding hydrogens is 434 g/mol. The zero-order valence-electron chi connectivity index (χ0n) is 9.72. The summed E-state index contributed by atoms with van der Waals surface area (Å²) in [7, 11) is 0. The highest BCUT2D eigenvalue weighted by atomic mass is 127. The number of rotatable bonds is 0. The highest BCUT2D eigenvalue weighted by molar-refractivity contribution is 14.1. The molecule has 0 unspecified atom stereocenters. The molecule has 0 saturated heterocycles. The quantitative estimate of drug-likeness (QED) is 0.489. The molecule has 0 aliphatic heterocycles. The largest absolute Gasteiger partial charge is 0.0565 e. The van der Waals surface area contributed by atoms with Gasteiger partial charge in [0.15, 0.2) is 0 Å². The van der Waals surface area contributed by atoms with Crippen LogP contribution in [0.4, 0.5) is 0 Å². The highest BCUT2D eigenvalue weighted by Gasteiger charge is 2.35. The summed E-state index contributed by atoms with van der Waals surface area (Å²) in [6.07, 6.45) is 0. The van der Waals surface area contributed by atoms with E-state index in [0.29, 0.717) is 0 Å². The van der Waals surface area contributed by atoms with Crippen LogP contribution in [0.25, 0.3) is 11.1 Å². The average molecular weight is 446 g/mol. The Morgan fingerprint density at radius 3 is 1.59 bits per heavy atom. The fourth-order valence-electron chi connectivity index (χ4n) is 2.71. The average Bonchev–Trinajstić information content (AvgIpc) is 2.47. The highest BCUT2D eigenvalue weighted by Crippen LogP contribution is 2.49. The Morgan fingerprint density at radius 1 is 0.765 bits per heavy atom. The van der Waals surface area contributed by atoms with E-state index in [2.05, 4.69) is 95.4 Å². The summed E-state index contributed by atoms with van der Waals surface area (Å²) in [5.74, 6) is 0. The molecule has 0 saturated carbocycles. The van der Waals surface area contributed by atoms with Crippen molar-refractivity contribution in [1.29, 1.82) is 0 Å². The molecule has 0 radical (unpaired) electrons. The third-order valence-corrected chi connectivity index (χ3v) is 4.94. The molecule has 0 atom stereocenters. The predicted molar refractivity (Wildman–Crippen MR) is 89.4 cm³/mol. The van der Waals surface area contributed by atoms with Gasteiger partial charge >= 0.3 is 0 Å². The number of fused-ring (bicyclic) bond motifs is 3. The Kier molecular flexibility index (Phi) is 2.78. The first-order chi connectivity index (χ1) is 8.00. The Hall–Kier alpha value is -0.100. The van der Waals surface area contributed by atoms with Crippen molar-refractivity contribution in [3.63, 3.8) is 0 Å². The molecule has 2 aromatic rings. The van der Waals surface area contributed by atoms with Crippen molar-refractivity contribution >= 4 is 45.2 Å². The van der Waals surface area contributed by atoms with Gasteiger partial charge in [-0.05, 0) is 91.7 Å². The molecule has 0 aromatic heterocycles. The van der Waals surface area contributed by atoms with Gasteiger partial charge in [-0.15, -0.1) is 0 Å². The number of hydrogen-bond acceptors (Lipinski definition) is 0. The number of hydrogen-bond donors (Lipinski definition) is 0. The van der Waals surface area contributed by atoms with Crippen molar-refractivity contribution in [2.45, 2.75) is 19.3 Å². The fraction of sp³-hybridized carbons (Fsp3) is 0.200. The second kappa shape index (κ2) is 3.95. The summed E-state index contributed by atoms with van der Waals surface area (Å²) >= 11 is 4.78. The van der Waals surface area contributed by atoms with Crippen molar-refractivity contribution in [1.82, 2.24) is 0 Å². The first kappa shape index (κ1) is 12.0. The van der Waals surface area contributed by atoms with Crippen LogP contribution in [0.2, 0.25) is 0 Å². The summed E-state index contributed by atoms with van der Waals surface area (Å²) < 4.78 is 2.62. The van der Waals surface area contributed by atoms with Gasteiger partial charge in [0.05, 0.1) is 0 Å². The van der Waals surface area contributed by atoms with Crippen LogP contribution in [0.15, 0.2) is 36.4 Å². The van der Waals surface area contributed by atoms with Crippen LogP contribution >= 0.6 is 45.2 Å². The van der Waals surface area contributed by atoms with Gasteiger partial charge in [-0.2, -0.15) is 0 Å². The van der Waals surface area contributed by atoms with Gasteiger partial charge in [-0.3, -0.25) is 0 Å². The van der Waals surface area contributed by atoms with Gasteiger partial charge in [0.2, 0.25) is 0 Å². The smallest absolute Gasteiger partial charge is 0.0158 e. The summed E-state index contributed by atoms with van der Waals surface area (Å²) in [4.78, 5) is 0. The van der Waals surface area contributed by atoms with E-state index in [1.807, 2.05) is 0 Å². The molecule has 0 spiro atoms. The van der Waals surface area contributed by atoms with Crippen molar-refractivity contribution in [3.05, 3.63) is 54.7 Å². The lowest BCUT2D eigenvalue weighted by Crippen LogP contribution is -2.14. The lowest BCUT2D eigenvalue weighted by Gasteiger charge is -2.21. The molecule has 3 rings (SSSR count). The van der Waals surface area contributed by atoms with Crippen molar-refractivity contribution in [3.8, 4) is 11.1 Å². The van der Waals surface area contributed by atoms with Gasteiger partial charge < -0.3 is 0 Å². The van der Waals surface area contributed by atoms with Crippen LogP contribution in [0.3, 0.4) is 0 Å². The van der Waals surface area contributed by atoms with Crippen LogP contribution in [0.1, 0.15) is 25.0 Å². The summed E-state index contributed by atoms with van der Waals surface area (Å²) in [5, 5.41) is 0. The number of halogens is 2. The van der Waals surface area contributed by atoms with E-state index in [1.54, 1.807) is 0 Å². The van der Waals surface area contributed by atoms with Crippen LogP contribution in [-0.4, -0.2) is 0 Å². The van der Waals surface area contributed by atoms with Crippen molar-refractivity contribution < 1.29 is 0 Å². The summed E-state index contributed by atoms with van der Waals surface area (Å²) in [5.41, 5.74) is 5.87. The lowest BCUT2D eigenvalue weighted by atomic mass is 9.82. The summed E-state index contributed by atoms with van der Waals surface area (Å²) in [6.45, 7) is 4.63.